The largest absolute Gasteiger partial charge is 0.299 e. The van der Waals surface area contributed by atoms with Gasteiger partial charge in [0.2, 0.25) is 0 Å². The van der Waals surface area contributed by atoms with E-state index in [0.717, 1.165) is 13.1 Å². The first-order chi connectivity index (χ1) is 7.51. The van der Waals surface area contributed by atoms with E-state index >= 15 is 0 Å². The van der Waals surface area contributed by atoms with Crippen molar-refractivity contribution in [1.82, 2.24) is 9.80 Å². The van der Waals surface area contributed by atoms with Crippen LogP contribution in [0.25, 0.3) is 0 Å². The van der Waals surface area contributed by atoms with Gasteiger partial charge in [0.05, 0.1) is 12.5 Å². The van der Waals surface area contributed by atoms with E-state index in [-0.39, 0.29) is 5.54 Å². The molecule has 0 bridgehead atoms. The summed E-state index contributed by atoms with van der Waals surface area (Å²) in [6.07, 6.45) is 3.15. The Balaban J connectivity index is 2.63. The van der Waals surface area contributed by atoms with Gasteiger partial charge in [0.15, 0.2) is 0 Å². The van der Waals surface area contributed by atoms with E-state index in [1.54, 1.807) is 0 Å². The van der Waals surface area contributed by atoms with E-state index in [1.165, 1.54) is 19.4 Å². The lowest BCUT2D eigenvalue weighted by atomic mass is 9.94. The van der Waals surface area contributed by atoms with Gasteiger partial charge in [0.1, 0.15) is 0 Å². The minimum Gasteiger partial charge on any atom is -0.299 e. The molecule has 0 aromatic carbocycles. The van der Waals surface area contributed by atoms with Crippen LogP contribution in [0.4, 0.5) is 0 Å². The third kappa shape index (κ3) is 3.20. The highest BCUT2D eigenvalue weighted by atomic mass is 15.3. The van der Waals surface area contributed by atoms with Gasteiger partial charge >= 0.3 is 0 Å². The van der Waals surface area contributed by atoms with Crippen molar-refractivity contribution in [1.29, 1.82) is 5.26 Å². The van der Waals surface area contributed by atoms with E-state index in [4.69, 9.17) is 5.26 Å². The van der Waals surface area contributed by atoms with Crippen LogP contribution in [0, 0.1) is 11.3 Å². The third-order valence-corrected chi connectivity index (χ3v) is 3.66. The van der Waals surface area contributed by atoms with Crippen LogP contribution in [0.1, 0.15) is 40.0 Å². The van der Waals surface area contributed by atoms with E-state index < -0.39 is 0 Å². The van der Waals surface area contributed by atoms with Gasteiger partial charge in [-0.1, -0.05) is 13.3 Å². The molecule has 0 aliphatic carbocycles. The number of nitrogens with zero attached hydrogens (tertiary/aromatic N) is 3. The predicted octanol–water partition coefficient (Wildman–Crippen LogP) is 2.09. The van der Waals surface area contributed by atoms with Crippen LogP contribution in [0.3, 0.4) is 0 Å². The number of unbranched alkanes of at least 4 members (excludes halogenated alkanes) is 1. The molecule has 92 valence electrons. The highest BCUT2D eigenvalue weighted by Gasteiger charge is 2.36. The fourth-order valence-electron chi connectivity index (χ4n) is 2.55. The van der Waals surface area contributed by atoms with E-state index in [2.05, 4.69) is 43.7 Å². The molecule has 1 saturated heterocycles. The average molecular weight is 223 g/mol. The fraction of sp³-hybridized carbons (Fsp3) is 0.923. The Morgan fingerprint density at radius 3 is 2.69 bits per heavy atom. The lowest BCUT2D eigenvalue weighted by molar-refractivity contribution is -0.00395. The van der Waals surface area contributed by atoms with Crippen molar-refractivity contribution in [2.24, 2.45) is 0 Å². The summed E-state index contributed by atoms with van der Waals surface area (Å²) in [5.41, 5.74) is 0.246. The first-order valence-electron chi connectivity index (χ1n) is 6.33. The second kappa shape index (κ2) is 5.65. The number of hydrogen-bond donors (Lipinski definition) is 0. The molecular formula is C13H25N3. The first kappa shape index (κ1) is 13.5. The van der Waals surface area contributed by atoms with Gasteiger partial charge < -0.3 is 0 Å². The molecular weight excluding hydrogens is 198 g/mol. The van der Waals surface area contributed by atoms with Gasteiger partial charge in [0.25, 0.3) is 0 Å². The van der Waals surface area contributed by atoms with Crippen LogP contribution in [0.15, 0.2) is 0 Å². The molecule has 0 radical (unpaired) electrons. The van der Waals surface area contributed by atoms with E-state index in [0.29, 0.717) is 12.5 Å². The monoisotopic (exact) mass is 223 g/mol. The van der Waals surface area contributed by atoms with Crippen LogP contribution in [-0.4, -0.2) is 48.1 Å². The summed E-state index contributed by atoms with van der Waals surface area (Å²) < 4.78 is 0. The van der Waals surface area contributed by atoms with E-state index in [1.807, 2.05) is 0 Å². The van der Waals surface area contributed by atoms with Crippen molar-refractivity contribution in [3.63, 3.8) is 0 Å². The predicted molar refractivity (Wildman–Crippen MR) is 67.2 cm³/mol. The summed E-state index contributed by atoms with van der Waals surface area (Å²) in [6, 6.07) is 2.72. The molecule has 0 aromatic heterocycles. The second-order valence-corrected chi connectivity index (χ2v) is 5.54. The molecule has 3 nitrogen and oxygen atoms in total. The van der Waals surface area contributed by atoms with Crippen LogP contribution in [-0.2, 0) is 0 Å². The molecule has 1 rings (SSSR count). The molecule has 1 fully saturated rings. The van der Waals surface area contributed by atoms with Gasteiger partial charge in [-0.25, -0.2) is 0 Å². The molecule has 16 heavy (non-hydrogen) atoms. The van der Waals surface area contributed by atoms with Gasteiger partial charge in [-0.15, -0.1) is 0 Å². The minimum absolute atomic E-state index is 0.246. The van der Waals surface area contributed by atoms with Crippen molar-refractivity contribution >= 4 is 0 Å². The van der Waals surface area contributed by atoms with Gasteiger partial charge in [-0.05, 0) is 33.9 Å². The maximum Gasteiger partial charge on any atom is 0.0638 e. The summed E-state index contributed by atoms with van der Waals surface area (Å²) in [5.74, 6) is 0. The molecule has 3 heteroatoms. The van der Waals surface area contributed by atoms with Crippen LogP contribution >= 0.6 is 0 Å². The molecule has 1 aliphatic heterocycles. The number of likely N-dealkylation sites (N-methyl/N-ethyl adjacent to an activating group) is 1. The third-order valence-electron chi connectivity index (χ3n) is 3.66. The molecule has 0 N–H and O–H groups in total. The standard InChI is InChI=1S/C13H25N3/c1-5-6-9-16-10-12(7-8-14)15(4)11-13(16,2)3/h12H,5-7,9-11H2,1-4H3. The highest BCUT2D eigenvalue weighted by molar-refractivity contribution is 4.96. The molecule has 1 heterocycles. The Kier molecular flexibility index (Phi) is 4.76. The zero-order chi connectivity index (χ0) is 12.2. The van der Waals surface area contributed by atoms with Gasteiger partial charge in [-0.2, -0.15) is 5.26 Å². The van der Waals surface area contributed by atoms with Crippen molar-refractivity contribution in [2.75, 3.05) is 26.7 Å². The Hall–Kier alpha value is -0.590. The van der Waals surface area contributed by atoms with Crippen molar-refractivity contribution in [3.8, 4) is 6.07 Å². The van der Waals surface area contributed by atoms with E-state index in [9.17, 15) is 0 Å². The number of rotatable bonds is 4. The maximum absolute atomic E-state index is 8.83. The molecule has 0 spiro atoms. The molecule has 0 aromatic rings. The van der Waals surface area contributed by atoms with Gasteiger partial charge in [-0.3, -0.25) is 9.80 Å². The second-order valence-electron chi connectivity index (χ2n) is 5.54. The Labute approximate surface area is 100 Å². The lowest BCUT2D eigenvalue weighted by Gasteiger charge is -2.49. The highest BCUT2D eigenvalue weighted by Crippen LogP contribution is 2.24. The van der Waals surface area contributed by atoms with Crippen LogP contribution in [0.5, 0.6) is 0 Å². The smallest absolute Gasteiger partial charge is 0.0638 e. The zero-order valence-corrected chi connectivity index (χ0v) is 11.2. The van der Waals surface area contributed by atoms with Crippen molar-refractivity contribution in [3.05, 3.63) is 0 Å². The Morgan fingerprint density at radius 2 is 2.12 bits per heavy atom. The Bertz CT molecular complexity index is 254. The summed E-state index contributed by atoms with van der Waals surface area (Å²) in [7, 11) is 2.14. The minimum atomic E-state index is 0.246. The fourth-order valence-corrected chi connectivity index (χ4v) is 2.55. The summed E-state index contributed by atoms with van der Waals surface area (Å²) in [6.45, 7) is 10.1. The summed E-state index contributed by atoms with van der Waals surface area (Å²) in [4.78, 5) is 4.89. The van der Waals surface area contributed by atoms with Crippen LogP contribution < -0.4 is 0 Å². The number of nitriles is 1. The zero-order valence-electron chi connectivity index (χ0n) is 11.2. The summed E-state index contributed by atoms with van der Waals surface area (Å²) >= 11 is 0. The molecule has 1 atom stereocenters. The van der Waals surface area contributed by atoms with Crippen LogP contribution in [0.2, 0.25) is 0 Å². The Morgan fingerprint density at radius 1 is 1.44 bits per heavy atom. The molecule has 1 aliphatic rings. The lowest BCUT2D eigenvalue weighted by Crippen LogP contribution is -2.62. The maximum atomic E-state index is 8.83. The normalized spacial score (nSPS) is 26.6. The number of piperazine rings is 1. The van der Waals surface area contributed by atoms with Gasteiger partial charge in [0, 0.05) is 24.7 Å². The summed E-state index contributed by atoms with van der Waals surface area (Å²) in [5, 5.41) is 8.83. The number of hydrogen-bond acceptors (Lipinski definition) is 3. The molecule has 0 amide bonds. The van der Waals surface area contributed by atoms with Crippen molar-refractivity contribution in [2.45, 2.75) is 51.6 Å². The molecule has 0 saturated carbocycles. The SMILES string of the molecule is CCCCN1CC(CC#N)N(C)CC1(C)C. The molecule has 1 unspecified atom stereocenters. The van der Waals surface area contributed by atoms with Crippen molar-refractivity contribution < 1.29 is 0 Å². The average Bonchev–Trinajstić information content (AvgIpc) is 2.20. The topological polar surface area (TPSA) is 30.3 Å². The first-order valence-corrected chi connectivity index (χ1v) is 6.33. The quantitative estimate of drug-likeness (QED) is 0.731.